The number of hydrogen-bond donors (Lipinski definition) is 0. The number of rotatable bonds is 4. The molecule has 0 bridgehead atoms. The van der Waals surface area contributed by atoms with Gasteiger partial charge in [0.1, 0.15) is 12.8 Å². The molecule has 4 nitrogen and oxygen atoms in total. The van der Waals surface area contributed by atoms with E-state index >= 15 is 0 Å². The summed E-state index contributed by atoms with van der Waals surface area (Å²) in [7, 11) is 1.53. The monoisotopic (exact) mass is 313 g/mol. The van der Waals surface area contributed by atoms with Crippen LogP contribution in [0.3, 0.4) is 0 Å². The van der Waals surface area contributed by atoms with Crippen LogP contribution in [-0.2, 0) is 11.4 Å². The Bertz CT molecular complexity index is 737. The Morgan fingerprint density at radius 1 is 1.50 bits per heavy atom. The third kappa shape index (κ3) is 3.69. The molecule has 2 aromatic rings. The highest BCUT2D eigenvalue weighted by molar-refractivity contribution is 6.34. The van der Waals surface area contributed by atoms with Gasteiger partial charge in [0.15, 0.2) is 0 Å². The molecule has 1 saturated carbocycles. The van der Waals surface area contributed by atoms with Gasteiger partial charge in [-0.1, -0.05) is 34.7 Å². The van der Waals surface area contributed by atoms with Gasteiger partial charge in [0.2, 0.25) is 0 Å². The number of oxime groups is 1. The molecule has 0 N–H and O–H groups in total. The summed E-state index contributed by atoms with van der Waals surface area (Å²) in [6.07, 6.45) is 7.76. The molecule has 0 unspecified atom stereocenters. The molecule has 0 saturated heterocycles. The van der Waals surface area contributed by atoms with Gasteiger partial charge in [-0.05, 0) is 25.0 Å². The van der Waals surface area contributed by atoms with Crippen LogP contribution >= 0.6 is 11.6 Å². The minimum absolute atomic E-state index is 0.542. The number of halogens is 1. The summed E-state index contributed by atoms with van der Waals surface area (Å²) < 4.78 is 1.91. The van der Waals surface area contributed by atoms with Crippen LogP contribution in [0.2, 0.25) is 5.02 Å². The van der Waals surface area contributed by atoms with Gasteiger partial charge in [0.25, 0.3) is 0 Å². The van der Waals surface area contributed by atoms with Crippen LogP contribution in [0, 0.1) is 17.8 Å². The summed E-state index contributed by atoms with van der Waals surface area (Å²) >= 11 is 6.40. The lowest BCUT2D eigenvalue weighted by Gasteiger charge is -2.09. The van der Waals surface area contributed by atoms with E-state index in [2.05, 4.69) is 22.0 Å². The average molecular weight is 314 g/mol. The maximum Gasteiger partial charge on any atom is 0.108 e. The van der Waals surface area contributed by atoms with E-state index in [0.717, 1.165) is 16.8 Å². The first kappa shape index (κ1) is 14.7. The van der Waals surface area contributed by atoms with Crippen LogP contribution in [0.5, 0.6) is 0 Å². The largest absolute Gasteiger partial charge is 0.399 e. The summed E-state index contributed by atoms with van der Waals surface area (Å²) in [6.45, 7) is 0.542. The predicted molar refractivity (Wildman–Crippen MR) is 86.8 cm³/mol. The Balaban J connectivity index is 1.84. The summed E-state index contributed by atoms with van der Waals surface area (Å²) in [5.41, 5.74) is 2.52. The Hall–Kier alpha value is -2.25. The quantitative estimate of drug-likeness (QED) is 0.493. The molecule has 5 heteroatoms. The highest BCUT2D eigenvalue weighted by Gasteiger charge is 2.17. The van der Waals surface area contributed by atoms with E-state index in [0.29, 0.717) is 17.5 Å². The van der Waals surface area contributed by atoms with Crippen LogP contribution in [0.15, 0.2) is 42.1 Å². The highest BCUT2D eigenvalue weighted by Crippen LogP contribution is 2.28. The maximum absolute atomic E-state index is 6.40. The summed E-state index contributed by atoms with van der Waals surface area (Å²) in [5.74, 6) is 6.98. The normalized spacial score (nSPS) is 14.4. The predicted octanol–water partition coefficient (Wildman–Crippen LogP) is 3.35. The summed E-state index contributed by atoms with van der Waals surface area (Å²) in [4.78, 5) is 8.98. The zero-order chi connectivity index (χ0) is 15.4. The molecule has 0 atom stereocenters. The smallest absolute Gasteiger partial charge is 0.108 e. The van der Waals surface area contributed by atoms with Gasteiger partial charge < -0.3 is 9.40 Å². The zero-order valence-corrected chi connectivity index (χ0v) is 13.0. The van der Waals surface area contributed by atoms with Crippen molar-refractivity contribution in [1.82, 2.24) is 9.55 Å². The number of hydrogen-bond acceptors (Lipinski definition) is 3. The molecule has 0 aliphatic heterocycles. The van der Waals surface area contributed by atoms with Gasteiger partial charge in [0.05, 0.1) is 17.9 Å². The van der Waals surface area contributed by atoms with E-state index in [1.54, 1.807) is 12.5 Å². The van der Waals surface area contributed by atoms with Crippen molar-refractivity contribution in [2.45, 2.75) is 19.4 Å². The lowest BCUT2D eigenvalue weighted by molar-refractivity contribution is 0.212. The number of aromatic nitrogens is 2. The zero-order valence-electron chi connectivity index (χ0n) is 12.3. The standard InChI is InChI=1S/C17H16ClN3O/c1-22-20-17(11-21-9-8-19-12-21)15-7-6-14(10-16(15)18)5-4-13-2-3-13/h6-10,12-13H,2-3,11H2,1H3/b20-17+. The van der Waals surface area contributed by atoms with Crippen molar-refractivity contribution in [3.05, 3.63) is 53.1 Å². The average Bonchev–Trinajstić information content (AvgIpc) is 3.20. The van der Waals surface area contributed by atoms with Crippen molar-refractivity contribution in [3.8, 4) is 11.8 Å². The molecule has 3 rings (SSSR count). The van der Waals surface area contributed by atoms with Gasteiger partial charge in [-0.2, -0.15) is 0 Å². The van der Waals surface area contributed by atoms with Crippen LogP contribution in [0.25, 0.3) is 0 Å². The van der Waals surface area contributed by atoms with E-state index in [9.17, 15) is 0 Å². The van der Waals surface area contributed by atoms with Crippen LogP contribution in [0.4, 0.5) is 0 Å². The Kier molecular flexibility index (Phi) is 4.45. The molecule has 22 heavy (non-hydrogen) atoms. The van der Waals surface area contributed by atoms with E-state index in [1.807, 2.05) is 29.0 Å². The fourth-order valence-electron chi connectivity index (χ4n) is 2.07. The van der Waals surface area contributed by atoms with E-state index in [-0.39, 0.29) is 0 Å². The van der Waals surface area contributed by atoms with Crippen LogP contribution < -0.4 is 0 Å². The second-order valence-electron chi connectivity index (χ2n) is 5.19. The number of nitrogens with zero attached hydrogens (tertiary/aromatic N) is 3. The Morgan fingerprint density at radius 3 is 3.00 bits per heavy atom. The molecule has 1 fully saturated rings. The van der Waals surface area contributed by atoms with Gasteiger partial charge in [-0.15, -0.1) is 0 Å². The van der Waals surface area contributed by atoms with Gasteiger partial charge >= 0.3 is 0 Å². The van der Waals surface area contributed by atoms with E-state index < -0.39 is 0 Å². The maximum atomic E-state index is 6.40. The molecule has 112 valence electrons. The van der Waals surface area contributed by atoms with Gasteiger partial charge in [0, 0.05) is 29.4 Å². The molecule has 1 aromatic heterocycles. The second kappa shape index (κ2) is 6.67. The molecule has 1 heterocycles. The Morgan fingerprint density at radius 2 is 2.36 bits per heavy atom. The minimum Gasteiger partial charge on any atom is -0.399 e. The van der Waals surface area contributed by atoms with Crippen LogP contribution in [0.1, 0.15) is 24.0 Å². The van der Waals surface area contributed by atoms with Crippen LogP contribution in [-0.4, -0.2) is 22.4 Å². The van der Waals surface area contributed by atoms with Crippen molar-refractivity contribution < 1.29 is 4.84 Å². The van der Waals surface area contributed by atoms with Crippen molar-refractivity contribution in [1.29, 1.82) is 0 Å². The van der Waals surface area contributed by atoms with Crippen molar-refractivity contribution in [2.75, 3.05) is 7.11 Å². The van der Waals surface area contributed by atoms with Crippen molar-refractivity contribution >= 4 is 17.3 Å². The first-order chi connectivity index (χ1) is 10.8. The fourth-order valence-corrected chi connectivity index (χ4v) is 2.36. The lowest BCUT2D eigenvalue weighted by atomic mass is 10.1. The summed E-state index contributed by atoms with van der Waals surface area (Å²) in [6, 6.07) is 5.79. The molecule has 0 amide bonds. The first-order valence-corrected chi connectivity index (χ1v) is 7.51. The van der Waals surface area contributed by atoms with Crippen molar-refractivity contribution in [2.24, 2.45) is 11.1 Å². The molecular weight excluding hydrogens is 298 g/mol. The fraction of sp³-hybridized carbons (Fsp3) is 0.294. The van der Waals surface area contributed by atoms with E-state index in [1.165, 1.54) is 20.0 Å². The lowest BCUT2D eigenvalue weighted by Crippen LogP contribution is -2.11. The first-order valence-electron chi connectivity index (χ1n) is 7.13. The minimum atomic E-state index is 0.542. The third-order valence-electron chi connectivity index (χ3n) is 3.37. The number of imidazole rings is 1. The molecule has 1 aliphatic carbocycles. The van der Waals surface area contributed by atoms with Gasteiger partial charge in [-0.3, -0.25) is 0 Å². The van der Waals surface area contributed by atoms with Gasteiger partial charge in [-0.25, -0.2) is 4.98 Å². The molecule has 0 radical (unpaired) electrons. The molecule has 1 aliphatic rings. The highest BCUT2D eigenvalue weighted by atomic mass is 35.5. The SMILES string of the molecule is CO/N=C(\Cn1ccnc1)c1ccc(C#CC2CC2)cc1Cl. The molecular formula is C17H16ClN3O. The molecule has 1 aromatic carbocycles. The van der Waals surface area contributed by atoms with E-state index in [4.69, 9.17) is 16.4 Å². The number of benzene rings is 1. The second-order valence-corrected chi connectivity index (χ2v) is 5.60. The third-order valence-corrected chi connectivity index (χ3v) is 3.68. The topological polar surface area (TPSA) is 39.4 Å². The molecule has 0 spiro atoms. The van der Waals surface area contributed by atoms with Crippen molar-refractivity contribution in [3.63, 3.8) is 0 Å². The Labute approximate surface area is 134 Å². The summed E-state index contributed by atoms with van der Waals surface area (Å²) in [5, 5.41) is 4.72.